The first kappa shape index (κ1) is 18.6. The maximum atomic E-state index is 13.5. The Labute approximate surface area is 153 Å². The number of nitrogens with two attached hydrogens (primary N) is 1. The van der Waals surface area contributed by atoms with Crippen molar-refractivity contribution < 1.29 is 17.2 Å². The average molecular weight is 395 g/mol. The fourth-order valence-electron chi connectivity index (χ4n) is 2.48. The van der Waals surface area contributed by atoms with E-state index in [0.717, 1.165) is 4.90 Å². The first-order valence-corrected chi connectivity index (χ1v) is 10.2. The van der Waals surface area contributed by atoms with Gasteiger partial charge in [-0.15, -0.1) is 11.8 Å². The zero-order valence-electron chi connectivity index (χ0n) is 13.6. The summed E-state index contributed by atoms with van der Waals surface area (Å²) < 4.78 is 50.9. The van der Waals surface area contributed by atoms with Crippen LogP contribution in [0.4, 0.5) is 8.78 Å². The number of halogens is 2. The zero-order chi connectivity index (χ0) is 18.9. The molecule has 0 saturated carbocycles. The van der Waals surface area contributed by atoms with Gasteiger partial charge in [0.05, 0.1) is 10.6 Å². The highest BCUT2D eigenvalue weighted by Crippen LogP contribution is 2.32. The van der Waals surface area contributed by atoms with Crippen LogP contribution in [0.15, 0.2) is 64.5 Å². The SMILES string of the molecule is CSc1cccc(-c2cn(-c3ccc(S(N)(=O)=O)cc3)nc2C(F)F)c1. The van der Waals surface area contributed by atoms with Crippen LogP contribution in [0.1, 0.15) is 12.1 Å². The molecule has 1 aromatic heterocycles. The summed E-state index contributed by atoms with van der Waals surface area (Å²) in [7, 11) is -3.82. The van der Waals surface area contributed by atoms with Gasteiger partial charge in [0, 0.05) is 16.7 Å². The highest BCUT2D eigenvalue weighted by atomic mass is 32.2. The molecule has 0 radical (unpaired) electrons. The third kappa shape index (κ3) is 3.79. The molecule has 0 fully saturated rings. The van der Waals surface area contributed by atoms with E-state index in [9.17, 15) is 17.2 Å². The fourth-order valence-corrected chi connectivity index (χ4v) is 3.46. The molecule has 26 heavy (non-hydrogen) atoms. The van der Waals surface area contributed by atoms with E-state index in [2.05, 4.69) is 5.10 Å². The summed E-state index contributed by atoms with van der Waals surface area (Å²) >= 11 is 1.52. The Morgan fingerprint density at radius 2 is 1.85 bits per heavy atom. The number of thioether (sulfide) groups is 1. The van der Waals surface area contributed by atoms with Crippen molar-refractivity contribution >= 4 is 21.8 Å². The van der Waals surface area contributed by atoms with Gasteiger partial charge < -0.3 is 0 Å². The lowest BCUT2D eigenvalue weighted by molar-refractivity contribution is 0.146. The lowest BCUT2D eigenvalue weighted by Gasteiger charge is -2.03. The van der Waals surface area contributed by atoms with Crippen molar-refractivity contribution in [2.75, 3.05) is 6.26 Å². The highest BCUT2D eigenvalue weighted by molar-refractivity contribution is 7.98. The van der Waals surface area contributed by atoms with Crippen molar-refractivity contribution in [2.45, 2.75) is 16.2 Å². The maximum Gasteiger partial charge on any atom is 0.282 e. The number of primary sulfonamides is 1. The third-order valence-corrected chi connectivity index (χ3v) is 5.41. The van der Waals surface area contributed by atoms with Crippen LogP contribution in [0, 0.1) is 0 Å². The molecule has 9 heteroatoms. The number of rotatable bonds is 5. The molecule has 0 aliphatic carbocycles. The van der Waals surface area contributed by atoms with Crippen LogP contribution >= 0.6 is 11.8 Å². The summed E-state index contributed by atoms with van der Waals surface area (Å²) in [4.78, 5) is 0.892. The molecule has 5 nitrogen and oxygen atoms in total. The second-order valence-electron chi connectivity index (χ2n) is 5.44. The van der Waals surface area contributed by atoms with Crippen LogP contribution in [0.3, 0.4) is 0 Å². The third-order valence-electron chi connectivity index (χ3n) is 3.76. The number of hydrogen-bond donors (Lipinski definition) is 1. The smallest absolute Gasteiger partial charge is 0.240 e. The monoisotopic (exact) mass is 395 g/mol. The Balaban J connectivity index is 2.07. The van der Waals surface area contributed by atoms with Gasteiger partial charge in [0.1, 0.15) is 5.69 Å². The van der Waals surface area contributed by atoms with Crippen LogP contribution < -0.4 is 5.14 Å². The van der Waals surface area contributed by atoms with Crippen molar-refractivity contribution in [3.8, 4) is 16.8 Å². The van der Waals surface area contributed by atoms with E-state index < -0.39 is 16.4 Å². The lowest BCUT2D eigenvalue weighted by Crippen LogP contribution is -2.12. The Morgan fingerprint density at radius 1 is 1.15 bits per heavy atom. The molecule has 1 heterocycles. The zero-order valence-corrected chi connectivity index (χ0v) is 15.3. The molecule has 0 aliphatic heterocycles. The summed E-state index contributed by atoms with van der Waals surface area (Å²) in [5.74, 6) is 0. The normalized spacial score (nSPS) is 11.9. The molecule has 3 rings (SSSR count). The first-order valence-electron chi connectivity index (χ1n) is 7.45. The highest BCUT2D eigenvalue weighted by Gasteiger charge is 2.20. The Bertz CT molecular complexity index is 1030. The molecule has 2 N–H and O–H groups in total. The number of alkyl halides is 2. The van der Waals surface area contributed by atoms with E-state index >= 15 is 0 Å². The van der Waals surface area contributed by atoms with Gasteiger partial charge in [0.25, 0.3) is 6.43 Å². The van der Waals surface area contributed by atoms with E-state index in [0.29, 0.717) is 16.8 Å². The van der Waals surface area contributed by atoms with Gasteiger partial charge >= 0.3 is 0 Å². The van der Waals surface area contributed by atoms with Crippen LogP contribution in [0.25, 0.3) is 16.8 Å². The molecule has 0 saturated heterocycles. The van der Waals surface area contributed by atoms with Crippen molar-refractivity contribution in [3.05, 3.63) is 60.4 Å². The standard InChI is InChI=1S/C17H15F2N3O2S2/c1-25-13-4-2-3-11(9-13)15-10-22(21-16(15)17(18)19)12-5-7-14(8-6-12)26(20,23)24/h2-10,17H,1H3,(H2,20,23,24). The van der Waals surface area contributed by atoms with Crippen LogP contribution in [-0.4, -0.2) is 24.5 Å². The lowest BCUT2D eigenvalue weighted by atomic mass is 10.1. The van der Waals surface area contributed by atoms with Crippen LogP contribution in [-0.2, 0) is 10.0 Å². The minimum Gasteiger partial charge on any atom is -0.240 e. The largest absolute Gasteiger partial charge is 0.282 e. The number of hydrogen-bond acceptors (Lipinski definition) is 4. The fraction of sp³-hybridized carbons (Fsp3) is 0.118. The quantitative estimate of drug-likeness (QED) is 0.666. The van der Waals surface area contributed by atoms with E-state index in [1.807, 2.05) is 18.4 Å². The second kappa shape index (κ2) is 7.18. The number of nitrogens with zero attached hydrogens (tertiary/aromatic N) is 2. The van der Waals surface area contributed by atoms with Crippen LogP contribution in [0.5, 0.6) is 0 Å². The minimum atomic E-state index is -3.82. The average Bonchev–Trinajstić information content (AvgIpc) is 3.07. The van der Waals surface area contributed by atoms with E-state index in [-0.39, 0.29) is 10.6 Å². The molecule has 3 aromatic rings. The Morgan fingerprint density at radius 3 is 2.42 bits per heavy atom. The van der Waals surface area contributed by atoms with Crippen molar-refractivity contribution in [2.24, 2.45) is 5.14 Å². The van der Waals surface area contributed by atoms with Gasteiger partial charge in [0.15, 0.2) is 0 Å². The Hall–Kier alpha value is -2.23. The van der Waals surface area contributed by atoms with Gasteiger partial charge in [0.2, 0.25) is 10.0 Å². The molecule has 2 aromatic carbocycles. The summed E-state index contributed by atoms with van der Waals surface area (Å²) in [6.07, 6.45) is 0.670. The van der Waals surface area contributed by atoms with Crippen molar-refractivity contribution in [1.82, 2.24) is 9.78 Å². The number of aromatic nitrogens is 2. The van der Waals surface area contributed by atoms with Crippen molar-refractivity contribution in [3.63, 3.8) is 0 Å². The molecule has 0 bridgehead atoms. The summed E-state index contributed by atoms with van der Waals surface area (Å²) in [5, 5.41) is 9.05. The van der Waals surface area contributed by atoms with Gasteiger partial charge in [-0.1, -0.05) is 12.1 Å². The molecular formula is C17H15F2N3O2S2. The molecule has 136 valence electrons. The Kier molecular flexibility index (Phi) is 5.12. The van der Waals surface area contributed by atoms with E-state index in [1.54, 1.807) is 12.1 Å². The van der Waals surface area contributed by atoms with Gasteiger partial charge in [-0.3, -0.25) is 0 Å². The maximum absolute atomic E-state index is 13.5. The van der Waals surface area contributed by atoms with E-state index in [4.69, 9.17) is 5.14 Å². The second-order valence-corrected chi connectivity index (χ2v) is 7.89. The van der Waals surface area contributed by atoms with Crippen LogP contribution in [0.2, 0.25) is 0 Å². The number of sulfonamides is 1. The van der Waals surface area contributed by atoms with Crippen molar-refractivity contribution in [1.29, 1.82) is 0 Å². The molecule has 0 atom stereocenters. The number of benzene rings is 2. The van der Waals surface area contributed by atoms with Gasteiger partial charge in [-0.2, -0.15) is 5.10 Å². The summed E-state index contributed by atoms with van der Waals surface area (Å²) in [6, 6.07) is 12.8. The predicted octanol–water partition coefficient (Wildman–Crippen LogP) is 3.85. The van der Waals surface area contributed by atoms with Gasteiger partial charge in [-0.25, -0.2) is 27.0 Å². The molecule has 0 spiro atoms. The van der Waals surface area contributed by atoms with Gasteiger partial charge in [-0.05, 0) is 48.2 Å². The van der Waals surface area contributed by atoms with E-state index in [1.165, 1.54) is 46.9 Å². The molecule has 0 amide bonds. The molecule has 0 aliphatic rings. The summed E-state index contributed by atoms with van der Waals surface area (Å²) in [6.45, 7) is 0. The first-order chi connectivity index (χ1) is 12.3. The minimum absolute atomic E-state index is 0.0598. The predicted molar refractivity (Wildman–Crippen MR) is 97.1 cm³/mol. The topological polar surface area (TPSA) is 78.0 Å². The molecule has 0 unspecified atom stereocenters. The summed E-state index contributed by atoms with van der Waals surface area (Å²) in [5.41, 5.74) is 1.08. The molecular weight excluding hydrogens is 380 g/mol.